The molecule has 1 atom stereocenters. The first-order chi connectivity index (χ1) is 10.1. The van der Waals surface area contributed by atoms with E-state index < -0.39 is 6.09 Å². The van der Waals surface area contributed by atoms with Gasteiger partial charge < -0.3 is 5.11 Å². The third kappa shape index (κ3) is 2.76. The Morgan fingerprint density at radius 2 is 1.81 bits per heavy atom. The van der Waals surface area contributed by atoms with Gasteiger partial charge in [-0.25, -0.2) is 4.79 Å². The molecule has 0 aliphatic carbocycles. The summed E-state index contributed by atoms with van der Waals surface area (Å²) in [7, 11) is 0. The predicted molar refractivity (Wildman–Crippen MR) is 81.9 cm³/mol. The molecule has 2 aromatic carbocycles. The van der Waals surface area contributed by atoms with Crippen LogP contribution in [0.5, 0.6) is 0 Å². The van der Waals surface area contributed by atoms with Gasteiger partial charge in [0.1, 0.15) is 0 Å². The number of amides is 1. The number of carboxylic acid groups (broad SMARTS) is 1. The molecular weight excluding hydrogens is 288 g/mol. The zero-order valence-electron chi connectivity index (χ0n) is 11.1. The van der Waals surface area contributed by atoms with Crippen LogP contribution in [-0.4, -0.2) is 28.5 Å². The molecule has 1 aliphatic heterocycles. The number of hydrazone groups is 1. The second-order valence-electron chi connectivity index (χ2n) is 4.82. The molecule has 0 saturated heterocycles. The van der Waals surface area contributed by atoms with Crippen molar-refractivity contribution in [3.05, 3.63) is 70.7 Å². The molecule has 4 nitrogen and oxygen atoms in total. The van der Waals surface area contributed by atoms with Crippen LogP contribution >= 0.6 is 11.6 Å². The fourth-order valence-electron chi connectivity index (χ4n) is 2.45. The smallest absolute Gasteiger partial charge is 0.427 e. The van der Waals surface area contributed by atoms with Gasteiger partial charge in [-0.2, -0.15) is 10.1 Å². The molecule has 106 valence electrons. The van der Waals surface area contributed by atoms with Crippen molar-refractivity contribution < 1.29 is 9.90 Å². The van der Waals surface area contributed by atoms with E-state index in [1.54, 1.807) is 0 Å². The number of benzene rings is 2. The maximum atomic E-state index is 11.2. The molecule has 0 radical (unpaired) electrons. The van der Waals surface area contributed by atoms with Crippen molar-refractivity contribution in [2.45, 2.75) is 5.92 Å². The van der Waals surface area contributed by atoms with E-state index in [0.29, 0.717) is 11.6 Å². The third-order valence-corrected chi connectivity index (χ3v) is 3.73. The molecule has 0 bridgehead atoms. The molecule has 1 heterocycles. The van der Waals surface area contributed by atoms with Crippen molar-refractivity contribution in [3.8, 4) is 0 Å². The van der Waals surface area contributed by atoms with Gasteiger partial charge in [0.2, 0.25) is 0 Å². The van der Waals surface area contributed by atoms with Crippen LogP contribution in [0, 0.1) is 0 Å². The van der Waals surface area contributed by atoms with Crippen LogP contribution < -0.4 is 0 Å². The van der Waals surface area contributed by atoms with Gasteiger partial charge in [-0.1, -0.05) is 54.1 Å². The summed E-state index contributed by atoms with van der Waals surface area (Å²) in [6, 6.07) is 17.1. The monoisotopic (exact) mass is 300 g/mol. The van der Waals surface area contributed by atoms with Crippen molar-refractivity contribution >= 4 is 23.4 Å². The Balaban J connectivity index is 2.01. The predicted octanol–water partition coefficient (Wildman–Crippen LogP) is 3.82. The van der Waals surface area contributed by atoms with Crippen LogP contribution in [0.1, 0.15) is 17.0 Å². The zero-order valence-corrected chi connectivity index (χ0v) is 11.9. The molecule has 1 N–H and O–H groups in total. The topological polar surface area (TPSA) is 52.9 Å². The average Bonchev–Trinajstić information content (AvgIpc) is 2.94. The molecule has 3 rings (SSSR count). The van der Waals surface area contributed by atoms with Gasteiger partial charge in [-0.3, -0.25) is 0 Å². The van der Waals surface area contributed by atoms with E-state index in [9.17, 15) is 9.90 Å². The van der Waals surface area contributed by atoms with Gasteiger partial charge in [0.05, 0.1) is 12.3 Å². The number of hydrogen-bond acceptors (Lipinski definition) is 2. The fraction of sp³-hybridized carbons (Fsp3) is 0.125. The summed E-state index contributed by atoms with van der Waals surface area (Å²) in [5.41, 5.74) is 2.70. The molecule has 1 aliphatic rings. The van der Waals surface area contributed by atoms with Crippen molar-refractivity contribution in [1.29, 1.82) is 0 Å². The highest BCUT2D eigenvalue weighted by Gasteiger charge is 2.31. The largest absolute Gasteiger partial charge is 0.464 e. The normalized spacial score (nSPS) is 17.7. The van der Waals surface area contributed by atoms with Gasteiger partial charge in [0.25, 0.3) is 0 Å². The minimum Gasteiger partial charge on any atom is -0.464 e. The van der Waals surface area contributed by atoms with Crippen LogP contribution in [0.25, 0.3) is 0 Å². The van der Waals surface area contributed by atoms with Crippen LogP contribution in [0.4, 0.5) is 4.79 Å². The first-order valence-electron chi connectivity index (χ1n) is 6.55. The second kappa shape index (κ2) is 5.58. The molecule has 0 aromatic heterocycles. The summed E-state index contributed by atoms with van der Waals surface area (Å²) < 4.78 is 0. The summed E-state index contributed by atoms with van der Waals surface area (Å²) >= 11 is 5.92. The van der Waals surface area contributed by atoms with E-state index in [2.05, 4.69) is 5.10 Å². The van der Waals surface area contributed by atoms with E-state index in [4.69, 9.17) is 11.6 Å². The molecule has 21 heavy (non-hydrogen) atoms. The zero-order chi connectivity index (χ0) is 14.8. The SMILES string of the molecule is O=C(O)N1CC(c2ccc(Cl)cc2)C(c2ccccc2)=N1. The van der Waals surface area contributed by atoms with Crippen LogP contribution in [0.3, 0.4) is 0 Å². The summed E-state index contributed by atoms with van der Waals surface area (Å²) in [4.78, 5) is 11.2. The number of hydrogen-bond donors (Lipinski definition) is 1. The highest BCUT2D eigenvalue weighted by Crippen LogP contribution is 2.29. The molecule has 1 amide bonds. The lowest BCUT2D eigenvalue weighted by Crippen LogP contribution is -2.23. The van der Waals surface area contributed by atoms with E-state index >= 15 is 0 Å². The van der Waals surface area contributed by atoms with Gasteiger partial charge in [-0.05, 0) is 23.3 Å². The van der Waals surface area contributed by atoms with Gasteiger partial charge in [0, 0.05) is 10.9 Å². The lowest BCUT2D eigenvalue weighted by Gasteiger charge is -2.13. The van der Waals surface area contributed by atoms with Crippen molar-refractivity contribution in [2.75, 3.05) is 6.54 Å². The summed E-state index contributed by atoms with van der Waals surface area (Å²) in [5, 5.41) is 15.2. The Bertz CT molecular complexity index is 683. The van der Waals surface area contributed by atoms with E-state index in [-0.39, 0.29) is 5.92 Å². The van der Waals surface area contributed by atoms with Crippen molar-refractivity contribution in [1.82, 2.24) is 5.01 Å². The quantitative estimate of drug-likeness (QED) is 0.916. The van der Waals surface area contributed by atoms with Gasteiger partial charge >= 0.3 is 6.09 Å². The first kappa shape index (κ1) is 13.6. The Hall–Kier alpha value is -2.33. The maximum absolute atomic E-state index is 11.2. The number of halogens is 1. The fourth-order valence-corrected chi connectivity index (χ4v) is 2.57. The minimum atomic E-state index is -1.04. The Morgan fingerprint density at radius 3 is 2.43 bits per heavy atom. The van der Waals surface area contributed by atoms with Gasteiger partial charge in [0.15, 0.2) is 0 Å². The maximum Gasteiger partial charge on any atom is 0.427 e. The molecule has 0 spiro atoms. The summed E-state index contributed by atoms with van der Waals surface area (Å²) in [5.74, 6) is -0.0826. The number of nitrogens with zero attached hydrogens (tertiary/aromatic N) is 2. The molecule has 0 fully saturated rings. The molecular formula is C16H13ClN2O2. The highest BCUT2D eigenvalue weighted by molar-refractivity contribution is 6.30. The number of rotatable bonds is 2. The molecule has 0 saturated carbocycles. The molecule has 1 unspecified atom stereocenters. The lowest BCUT2D eigenvalue weighted by atomic mass is 9.91. The third-order valence-electron chi connectivity index (χ3n) is 3.48. The van der Waals surface area contributed by atoms with Crippen molar-refractivity contribution in [2.24, 2.45) is 5.10 Å². The molecule has 5 heteroatoms. The van der Waals surface area contributed by atoms with E-state index in [1.165, 1.54) is 0 Å². The second-order valence-corrected chi connectivity index (χ2v) is 5.26. The standard InChI is InChI=1S/C16H13ClN2O2/c17-13-8-6-11(7-9-13)14-10-19(16(20)21)18-15(14)12-4-2-1-3-5-12/h1-9,14H,10H2,(H,20,21). The Morgan fingerprint density at radius 1 is 1.14 bits per heavy atom. The molecule has 2 aromatic rings. The average molecular weight is 301 g/mol. The number of carbonyl (C=O) groups is 1. The van der Waals surface area contributed by atoms with Crippen LogP contribution in [0.15, 0.2) is 59.7 Å². The van der Waals surface area contributed by atoms with E-state index in [1.807, 2.05) is 54.6 Å². The van der Waals surface area contributed by atoms with Crippen molar-refractivity contribution in [3.63, 3.8) is 0 Å². The Labute approximate surface area is 127 Å². The van der Waals surface area contributed by atoms with Crippen LogP contribution in [0.2, 0.25) is 5.02 Å². The lowest BCUT2D eigenvalue weighted by molar-refractivity contribution is 0.151. The van der Waals surface area contributed by atoms with Crippen LogP contribution in [-0.2, 0) is 0 Å². The van der Waals surface area contributed by atoms with E-state index in [0.717, 1.165) is 21.8 Å². The highest BCUT2D eigenvalue weighted by atomic mass is 35.5. The van der Waals surface area contributed by atoms with Gasteiger partial charge in [-0.15, -0.1) is 0 Å². The Kier molecular flexibility index (Phi) is 3.62. The summed E-state index contributed by atoms with van der Waals surface area (Å²) in [6.45, 7) is 0.321. The minimum absolute atomic E-state index is 0.0826. The summed E-state index contributed by atoms with van der Waals surface area (Å²) in [6.07, 6.45) is -1.04. The first-order valence-corrected chi connectivity index (χ1v) is 6.93.